The van der Waals surface area contributed by atoms with Crippen LogP contribution in [0.4, 0.5) is 17.1 Å². The van der Waals surface area contributed by atoms with Gasteiger partial charge in [-0.25, -0.2) is 29.3 Å². The zero-order valence-electron chi connectivity index (χ0n) is 47.5. The van der Waals surface area contributed by atoms with E-state index in [-0.39, 0.29) is 0 Å². The zero-order valence-corrected chi connectivity index (χ0v) is 50.2. The van der Waals surface area contributed by atoms with E-state index in [0.717, 1.165) is 94.1 Å². The average Bonchev–Trinajstić information content (AvgIpc) is 3.44. The average molecular weight is 1090 g/mol. The van der Waals surface area contributed by atoms with Gasteiger partial charge in [0.15, 0.2) is 0 Å². The second-order valence-corrected chi connectivity index (χ2v) is 30.4. The Morgan fingerprint density at radius 2 is 0.493 bits per heavy atom. The van der Waals surface area contributed by atoms with Crippen molar-refractivity contribution in [2.75, 3.05) is 36.4 Å². The van der Waals surface area contributed by atoms with E-state index < -0.39 is 22.8 Å². The Balaban J connectivity index is 0.000000164. The normalized spacial score (nSPS) is 22.7. The van der Waals surface area contributed by atoms with Crippen LogP contribution in [0.5, 0.6) is 0 Å². The van der Waals surface area contributed by atoms with Crippen LogP contribution in [-0.4, -0.2) is 71.4 Å². The minimum Gasteiger partial charge on any atom is -0.313 e. The molecule has 0 radical (unpaired) electrons. The molecule has 420 valence electrons. The second-order valence-electron chi connectivity index (χ2n) is 23.7. The van der Waals surface area contributed by atoms with Gasteiger partial charge in [0.2, 0.25) is 0 Å². The Kier molecular flexibility index (Phi) is 24.2. The van der Waals surface area contributed by atoms with Crippen molar-refractivity contribution in [1.29, 1.82) is 0 Å². The van der Waals surface area contributed by atoms with Crippen LogP contribution in [-0.2, 0) is 13.7 Å². The molecule has 6 N–H and O–H groups in total. The van der Waals surface area contributed by atoms with Crippen molar-refractivity contribution in [3.63, 3.8) is 0 Å². The van der Waals surface area contributed by atoms with Gasteiger partial charge >= 0.3 is 22.8 Å². The van der Waals surface area contributed by atoms with Gasteiger partial charge in [0.25, 0.3) is 0 Å². The monoisotopic (exact) mass is 1090 g/mol. The molecule has 6 saturated carbocycles. The van der Waals surface area contributed by atoms with E-state index in [1.807, 2.05) is 57.5 Å². The smallest absolute Gasteiger partial charge is 0.306 e. The second kappa shape index (κ2) is 30.2. The molecule has 0 amide bonds. The Morgan fingerprint density at radius 3 is 0.693 bits per heavy atom. The minimum atomic E-state index is -2.85. The predicted octanol–water partition coefficient (Wildman–Crippen LogP) is 17.1. The summed E-state index contributed by atoms with van der Waals surface area (Å²) in [7, 11) is -2.40. The van der Waals surface area contributed by atoms with Crippen molar-refractivity contribution in [3.8, 4) is 0 Å². The molecule has 0 spiro atoms. The van der Waals surface area contributed by atoms with Gasteiger partial charge in [0, 0.05) is 53.3 Å². The Bertz CT molecular complexity index is 1980. The quantitative estimate of drug-likeness (QED) is 0.0678. The molecule has 3 atom stereocenters. The van der Waals surface area contributed by atoms with Crippen molar-refractivity contribution < 1.29 is 13.7 Å². The van der Waals surface area contributed by atoms with Gasteiger partial charge in [0.05, 0.1) is 0 Å². The Morgan fingerprint density at radius 1 is 0.307 bits per heavy atom. The molecular formula is C60H102N9O3P3. The van der Waals surface area contributed by atoms with Crippen molar-refractivity contribution in [3.05, 3.63) is 89.5 Å². The van der Waals surface area contributed by atoms with Gasteiger partial charge in [-0.1, -0.05) is 169 Å². The molecule has 6 aliphatic rings. The van der Waals surface area contributed by atoms with Gasteiger partial charge < -0.3 is 15.3 Å². The van der Waals surface area contributed by atoms with Crippen molar-refractivity contribution in [2.24, 2.45) is 0 Å². The van der Waals surface area contributed by atoms with Crippen LogP contribution in [0.15, 0.2) is 72.8 Å². The maximum absolute atomic E-state index is 14.0. The lowest BCUT2D eigenvalue weighted by Crippen LogP contribution is -2.41. The molecule has 0 aliphatic heterocycles. The molecule has 12 nitrogen and oxygen atoms in total. The van der Waals surface area contributed by atoms with Crippen LogP contribution in [0.25, 0.3) is 0 Å². The summed E-state index contributed by atoms with van der Waals surface area (Å²) in [6.07, 6.45) is 36.6. The number of nitrogens with zero attached hydrogens (tertiary/aromatic N) is 3. The maximum atomic E-state index is 14.0. The molecule has 0 bridgehead atoms. The van der Waals surface area contributed by atoms with Crippen molar-refractivity contribution in [1.82, 2.24) is 29.3 Å². The van der Waals surface area contributed by atoms with Crippen LogP contribution in [0, 0.1) is 20.8 Å². The summed E-state index contributed by atoms with van der Waals surface area (Å²) in [6, 6.07) is 27.0. The fourth-order valence-electron chi connectivity index (χ4n) is 12.5. The number of hydrogen-bond acceptors (Lipinski definition) is 3. The molecule has 0 saturated heterocycles. The zero-order chi connectivity index (χ0) is 53.1. The number of hydrogen-bond donors (Lipinski definition) is 6. The molecule has 75 heavy (non-hydrogen) atoms. The highest BCUT2D eigenvalue weighted by Crippen LogP contribution is 2.52. The van der Waals surface area contributed by atoms with E-state index in [9.17, 15) is 13.7 Å². The summed E-state index contributed by atoms with van der Waals surface area (Å²) in [4.78, 5) is 0. The van der Waals surface area contributed by atoms with Crippen molar-refractivity contribution >= 4 is 39.8 Å². The lowest BCUT2D eigenvalue weighted by atomic mass is 9.96. The van der Waals surface area contributed by atoms with Gasteiger partial charge in [-0.3, -0.25) is 13.7 Å². The van der Waals surface area contributed by atoms with Crippen molar-refractivity contribution in [2.45, 2.75) is 250 Å². The first-order valence-corrected chi connectivity index (χ1v) is 35.1. The molecule has 0 unspecified atom stereocenters. The molecule has 0 aromatic heterocycles. The lowest BCUT2D eigenvalue weighted by Gasteiger charge is -2.39. The van der Waals surface area contributed by atoms with E-state index in [2.05, 4.69) is 102 Å². The summed E-state index contributed by atoms with van der Waals surface area (Å²) in [5.74, 6) is 0. The fourth-order valence-corrected chi connectivity index (χ4v) is 19.5. The largest absolute Gasteiger partial charge is 0.313 e. The number of anilines is 3. The topological polar surface area (TPSA) is 133 Å². The van der Waals surface area contributed by atoms with Gasteiger partial charge in [-0.2, -0.15) is 0 Å². The highest BCUT2D eigenvalue weighted by atomic mass is 31.2. The minimum absolute atomic E-state index is 0.364. The van der Waals surface area contributed by atoms with Crippen LogP contribution in [0.3, 0.4) is 0 Å². The lowest BCUT2D eigenvalue weighted by molar-refractivity contribution is 0.277. The van der Waals surface area contributed by atoms with Crippen LogP contribution in [0.1, 0.15) is 209 Å². The number of nitrogens with one attached hydrogen (secondary N) is 6. The van der Waals surface area contributed by atoms with Gasteiger partial charge in [0.1, 0.15) is 0 Å². The van der Waals surface area contributed by atoms with Crippen LogP contribution in [0.2, 0.25) is 0 Å². The van der Waals surface area contributed by atoms with E-state index in [0.29, 0.717) is 36.3 Å². The first-order chi connectivity index (χ1) is 36.2. The van der Waals surface area contributed by atoms with Crippen LogP contribution < -0.4 is 30.5 Å². The van der Waals surface area contributed by atoms with Gasteiger partial charge in [-0.05, 0) is 155 Å². The third-order valence-corrected chi connectivity index (χ3v) is 25.0. The van der Waals surface area contributed by atoms with Crippen LogP contribution >= 0.6 is 22.8 Å². The fraction of sp³-hybridized carbons (Fsp3) is 0.700. The van der Waals surface area contributed by atoms with E-state index in [1.165, 1.54) is 132 Å². The summed E-state index contributed by atoms with van der Waals surface area (Å²) in [5, 5.41) is 20.9. The first-order valence-electron chi connectivity index (χ1n) is 30.1. The van der Waals surface area contributed by atoms with E-state index in [1.54, 1.807) is 0 Å². The third-order valence-electron chi connectivity index (χ3n) is 17.5. The molecule has 6 fully saturated rings. The molecule has 3 aromatic carbocycles. The summed E-state index contributed by atoms with van der Waals surface area (Å²) >= 11 is 0. The molecule has 15 heteroatoms. The molecule has 6 aliphatic carbocycles. The van der Waals surface area contributed by atoms with E-state index >= 15 is 0 Å². The highest BCUT2D eigenvalue weighted by molar-refractivity contribution is 7.61. The standard InChI is InChI=1S/3C20H34N3OP/c3*1-17-13-15-19(16-14-17)22-25(24,21-18-9-5-3-6-10-18)23(2)20-11-7-4-8-12-20/h3*13-16,18,20H,3-12H2,1-2H3,(H2,21,22,24)/t3*25-/m000/s1. The Hall–Kier alpha value is -2.49. The predicted molar refractivity (Wildman–Crippen MR) is 321 cm³/mol. The van der Waals surface area contributed by atoms with Gasteiger partial charge in [-0.15, -0.1) is 0 Å². The number of rotatable bonds is 18. The highest BCUT2D eigenvalue weighted by Gasteiger charge is 2.39. The molecule has 0 heterocycles. The SMILES string of the molecule is Cc1ccc(N[P@@](=O)(NC2CCCCC2)N(C)C2CCCCC2)cc1.Cc1ccc(N[P@@](=O)(NC2CCCCC2)N(C)C2CCCCC2)cc1.Cc1ccc(N[P@@](=O)(NC2CCCCC2)N(C)C2CCCCC2)cc1. The maximum Gasteiger partial charge on any atom is 0.306 e. The molecule has 9 rings (SSSR count). The molecule has 3 aromatic rings. The Labute approximate surface area is 456 Å². The summed E-state index contributed by atoms with van der Waals surface area (Å²) in [6.45, 7) is 6.24. The number of aryl methyl sites for hydroxylation is 3. The number of benzene rings is 3. The van der Waals surface area contributed by atoms with E-state index in [4.69, 9.17) is 0 Å². The first kappa shape index (κ1) is 60.2. The molecular weight excluding hydrogens is 988 g/mol. The third kappa shape index (κ3) is 18.8. The summed E-state index contributed by atoms with van der Waals surface area (Å²) < 4.78 is 48.5. The summed E-state index contributed by atoms with van der Waals surface area (Å²) in [5.41, 5.74) is 6.50.